The Morgan fingerprint density at radius 3 is 2.40 bits per heavy atom. The molecule has 0 saturated carbocycles. The smallest absolute Gasteiger partial charge is 0.131 e. The van der Waals surface area contributed by atoms with Gasteiger partial charge in [-0.05, 0) is 37.9 Å². The SMILES string of the molecule is CCCNC(c1ccc(C)cc1)c1cccc(C)c1F. The molecule has 0 heterocycles. The van der Waals surface area contributed by atoms with Crippen LogP contribution in [-0.2, 0) is 0 Å². The van der Waals surface area contributed by atoms with Gasteiger partial charge in [-0.25, -0.2) is 4.39 Å². The first-order valence-corrected chi connectivity index (χ1v) is 7.18. The van der Waals surface area contributed by atoms with Gasteiger partial charge in [0.25, 0.3) is 0 Å². The number of aryl methyl sites for hydroxylation is 2. The van der Waals surface area contributed by atoms with Crippen LogP contribution in [0.15, 0.2) is 42.5 Å². The summed E-state index contributed by atoms with van der Waals surface area (Å²) in [7, 11) is 0. The highest BCUT2D eigenvalue weighted by atomic mass is 19.1. The number of hydrogen-bond donors (Lipinski definition) is 1. The van der Waals surface area contributed by atoms with Crippen molar-refractivity contribution in [1.82, 2.24) is 5.32 Å². The quantitative estimate of drug-likeness (QED) is 0.842. The molecule has 0 aliphatic heterocycles. The Morgan fingerprint density at radius 1 is 1.05 bits per heavy atom. The first-order chi connectivity index (χ1) is 9.63. The van der Waals surface area contributed by atoms with E-state index in [0.29, 0.717) is 5.56 Å². The number of nitrogens with one attached hydrogen (secondary N) is 1. The minimum absolute atomic E-state index is 0.0875. The summed E-state index contributed by atoms with van der Waals surface area (Å²) >= 11 is 0. The van der Waals surface area contributed by atoms with E-state index in [4.69, 9.17) is 0 Å². The van der Waals surface area contributed by atoms with E-state index in [1.807, 2.05) is 25.1 Å². The Morgan fingerprint density at radius 2 is 1.75 bits per heavy atom. The van der Waals surface area contributed by atoms with Crippen molar-refractivity contribution in [2.24, 2.45) is 0 Å². The van der Waals surface area contributed by atoms with E-state index in [9.17, 15) is 4.39 Å². The Hall–Kier alpha value is -1.67. The van der Waals surface area contributed by atoms with E-state index >= 15 is 0 Å². The molecule has 0 aliphatic rings. The van der Waals surface area contributed by atoms with Crippen LogP contribution in [0, 0.1) is 19.7 Å². The highest BCUT2D eigenvalue weighted by molar-refractivity contribution is 5.36. The Bertz CT molecular complexity index is 560. The molecule has 1 N–H and O–H groups in total. The second kappa shape index (κ2) is 6.67. The Balaban J connectivity index is 2.41. The van der Waals surface area contributed by atoms with Crippen LogP contribution >= 0.6 is 0 Å². The van der Waals surface area contributed by atoms with E-state index in [-0.39, 0.29) is 11.9 Å². The zero-order valence-corrected chi connectivity index (χ0v) is 12.4. The molecule has 0 saturated heterocycles. The van der Waals surface area contributed by atoms with E-state index in [2.05, 4.69) is 43.4 Å². The van der Waals surface area contributed by atoms with Gasteiger partial charge in [0.1, 0.15) is 5.82 Å². The third-order valence-electron chi connectivity index (χ3n) is 3.54. The highest BCUT2D eigenvalue weighted by Crippen LogP contribution is 2.26. The van der Waals surface area contributed by atoms with Crippen molar-refractivity contribution in [3.8, 4) is 0 Å². The van der Waals surface area contributed by atoms with E-state index < -0.39 is 0 Å². The Labute approximate surface area is 120 Å². The van der Waals surface area contributed by atoms with Crippen LogP contribution in [0.4, 0.5) is 4.39 Å². The maximum Gasteiger partial charge on any atom is 0.131 e. The predicted octanol–water partition coefficient (Wildman–Crippen LogP) is 4.53. The topological polar surface area (TPSA) is 12.0 Å². The van der Waals surface area contributed by atoms with Gasteiger partial charge >= 0.3 is 0 Å². The van der Waals surface area contributed by atoms with Crippen LogP contribution in [-0.4, -0.2) is 6.54 Å². The molecule has 2 heteroatoms. The van der Waals surface area contributed by atoms with Gasteiger partial charge in [-0.1, -0.05) is 55.0 Å². The molecule has 2 rings (SSSR count). The lowest BCUT2D eigenvalue weighted by atomic mass is 9.96. The normalized spacial score (nSPS) is 12.4. The summed E-state index contributed by atoms with van der Waals surface area (Å²) in [5.74, 6) is -0.110. The van der Waals surface area contributed by atoms with Gasteiger partial charge in [-0.2, -0.15) is 0 Å². The summed E-state index contributed by atoms with van der Waals surface area (Å²) in [6.45, 7) is 6.86. The lowest BCUT2D eigenvalue weighted by Gasteiger charge is -2.21. The van der Waals surface area contributed by atoms with Gasteiger partial charge in [0.05, 0.1) is 6.04 Å². The van der Waals surface area contributed by atoms with Crippen molar-refractivity contribution in [3.63, 3.8) is 0 Å². The molecule has 0 amide bonds. The lowest BCUT2D eigenvalue weighted by molar-refractivity contribution is 0.542. The van der Waals surface area contributed by atoms with E-state index in [0.717, 1.165) is 24.1 Å². The van der Waals surface area contributed by atoms with Crippen LogP contribution in [0.25, 0.3) is 0 Å². The molecule has 2 aromatic rings. The van der Waals surface area contributed by atoms with Gasteiger partial charge in [0.2, 0.25) is 0 Å². The van der Waals surface area contributed by atoms with Crippen molar-refractivity contribution in [1.29, 1.82) is 0 Å². The van der Waals surface area contributed by atoms with E-state index in [1.165, 1.54) is 5.56 Å². The molecule has 0 spiro atoms. The van der Waals surface area contributed by atoms with Gasteiger partial charge < -0.3 is 5.32 Å². The van der Waals surface area contributed by atoms with Crippen molar-refractivity contribution in [3.05, 3.63) is 70.5 Å². The van der Waals surface area contributed by atoms with Crippen molar-refractivity contribution >= 4 is 0 Å². The summed E-state index contributed by atoms with van der Waals surface area (Å²) in [4.78, 5) is 0. The minimum atomic E-state index is -0.110. The molecule has 0 aliphatic carbocycles. The second-order valence-electron chi connectivity index (χ2n) is 5.28. The molecule has 106 valence electrons. The Kier molecular flexibility index (Phi) is 4.91. The molecule has 0 fully saturated rings. The molecule has 2 aromatic carbocycles. The largest absolute Gasteiger partial charge is 0.306 e. The van der Waals surface area contributed by atoms with Crippen LogP contribution in [0.5, 0.6) is 0 Å². The predicted molar refractivity (Wildman–Crippen MR) is 82.5 cm³/mol. The molecular weight excluding hydrogens is 249 g/mol. The maximum atomic E-state index is 14.4. The minimum Gasteiger partial charge on any atom is -0.306 e. The van der Waals surface area contributed by atoms with Crippen molar-refractivity contribution < 1.29 is 4.39 Å². The van der Waals surface area contributed by atoms with Crippen LogP contribution in [0.2, 0.25) is 0 Å². The van der Waals surface area contributed by atoms with Crippen LogP contribution in [0.1, 0.15) is 41.6 Å². The first-order valence-electron chi connectivity index (χ1n) is 7.18. The van der Waals surface area contributed by atoms with E-state index in [1.54, 1.807) is 0 Å². The molecule has 1 atom stereocenters. The zero-order chi connectivity index (χ0) is 14.5. The third-order valence-corrected chi connectivity index (χ3v) is 3.54. The third kappa shape index (κ3) is 3.26. The summed E-state index contributed by atoms with van der Waals surface area (Å²) < 4.78 is 14.4. The van der Waals surface area contributed by atoms with Crippen LogP contribution < -0.4 is 5.32 Å². The summed E-state index contributed by atoms with van der Waals surface area (Å²) in [5, 5.41) is 3.45. The molecule has 20 heavy (non-hydrogen) atoms. The lowest BCUT2D eigenvalue weighted by Crippen LogP contribution is -2.24. The fraction of sp³-hybridized carbons (Fsp3) is 0.333. The molecule has 0 radical (unpaired) electrons. The molecular formula is C18H22FN. The molecule has 1 unspecified atom stereocenters. The van der Waals surface area contributed by atoms with Gasteiger partial charge in [-0.15, -0.1) is 0 Å². The monoisotopic (exact) mass is 271 g/mol. The summed E-state index contributed by atoms with van der Waals surface area (Å²) in [5.41, 5.74) is 3.74. The van der Waals surface area contributed by atoms with Crippen molar-refractivity contribution in [2.75, 3.05) is 6.54 Å². The first kappa shape index (κ1) is 14.7. The number of benzene rings is 2. The van der Waals surface area contributed by atoms with Gasteiger partial charge in [0.15, 0.2) is 0 Å². The molecule has 0 bridgehead atoms. The average Bonchev–Trinajstić information content (AvgIpc) is 2.45. The standard InChI is InChI=1S/C18H22FN/c1-4-12-20-18(15-10-8-13(2)9-11-15)16-7-5-6-14(3)17(16)19/h5-11,18,20H,4,12H2,1-3H3. The number of halogens is 1. The molecule has 0 aromatic heterocycles. The zero-order valence-electron chi connectivity index (χ0n) is 12.4. The van der Waals surface area contributed by atoms with Crippen LogP contribution in [0.3, 0.4) is 0 Å². The number of rotatable bonds is 5. The number of hydrogen-bond acceptors (Lipinski definition) is 1. The maximum absolute atomic E-state index is 14.4. The highest BCUT2D eigenvalue weighted by Gasteiger charge is 2.17. The van der Waals surface area contributed by atoms with Gasteiger partial charge in [-0.3, -0.25) is 0 Å². The second-order valence-corrected chi connectivity index (χ2v) is 5.28. The summed E-state index contributed by atoms with van der Waals surface area (Å²) in [6, 6.07) is 13.8. The summed E-state index contributed by atoms with van der Waals surface area (Å²) in [6.07, 6.45) is 1.02. The molecule has 1 nitrogen and oxygen atoms in total. The fourth-order valence-corrected chi connectivity index (χ4v) is 2.35. The van der Waals surface area contributed by atoms with Crippen molar-refractivity contribution in [2.45, 2.75) is 33.2 Å². The average molecular weight is 271 g/mol. The fourth-order valence-electron chi connectivity index (χ4n) is 2.35. The van der Waals surface area contributed by atoms with Gasteiger partial charge in [0, 0.05) is 5.56 Å².